The summed E-state index contributed by atoms with van der Waals surface area (Å²) in [4.78, 5) is 14.7. The molecule has 0 spiro atoms. The second-order valence-electron chi connectivity index (χ2n) is 3.11. The Morgan fingerprint density at radius 1 is 1.60 bits per heavy atom. The Kier molecular flexibility index (Phi) is 1.50. The molecule has 56 valence electrons. The van der Waals surface area contributed by atoms with Crippen LogP contribution in [0.1, 0.15) is 20.8 Å². The van der Waals surface area contributed by atoms with Crippen molar-refractivity contribution in [1.29, 1.82) is 0 Å². The summed E-state index contributed by atoms with van der Waals surface area (Å²) in [5, 5.41) is 0. The molecule has 0 unspecified atom stereocenters. The van der Waals surface area contributed by atoms with Gasteiger partial charge in [0.25, 0.3) is 5.91 Å². The van der Waals surface area contributed by atoms with Gasteiger partial charge in [-0.15, -0.1) is 0 Å². The molecule has 1 aliphatic rings. The van der Waals surface area contributed by atoms with Crippen LogP contribution in [0.3, 0.4) is 0 Å². The van der Waals surface area contributed by atoms with Gasteiger partial charge < -0.3 is 4.74 Å². The summed E-state index contributed by atoms with van der Waals surface area (Å²) in [7, 11) is 0. The Morgan fingerprint density at radius 2 is 2.20 bits per heavy atom. The van der Waals surface area contributed by atoms with Crippen LogP contribution >= 0.6 is 0 Å². The molecule has 0 N–H and O–H groups in total. The zero-order valence-corrected chi connectivity index (χ0v) is 6.47. The molecule has 1 aliphatic heterocycles. The Morgan fingerprint density at radius 3 is 2.60 bits per heavy atom. The minimum absolute atomic E-state index is 0.0868. The maximum Gasteiger partial charge on any atom is 0.257 e. The van der Waals surface area contributed by atoms with Crippen molar-refractivity contribution >= 4 is 11.8 Å². The van der Waals surface area contributed by atoms with Crippen LogP contribution in [0.25, 0.3) is 0 Å². The summed E-state index contributed by atoms with van der Waals surface area (Å²) >= 11 is 0. The molecule has 0 aliphatic carbocycles. The van der Waals surface area contributed by atoms with Gasteiger partial charge in [-0.3, -0.25) is 4.79 Å². The molecule has 0 atom stereocenters. The zero-order chi connectivity index (χ0) is 7.78. The maximum absolute atomic E-state index is 11.1. The third-order valence-electron chi connectivity index (χ3n) is 1.48. The summed E-state index contributed by atoms with van der Waals surface area (Å²) in [6, 6.07) is 0. The first kappa shape index (κ1) is 7.25. The van der Waals surface area contributed by atoms with E-state index in [1.165, 1.54) is 0 Å². The van der Waals surface area contributed by atoms with Crippen molar-refractivity contribution in [1.82, 2.24) is 0 Å². The highest BCUT2D eigenvalue weighted by atomic mass is 16.5. The highest BCUT2D eigenvalue weighted by Crippen LogP contribution is 2.21. The van der Waals surface area contributed by atoms with Gasteiger partial charge in [0, 0.05) is 6.92 Å². The number of hydrogen-bond acceptors (Lipinski definition) is 2. The summed E-state index contributed by atoms with van der Waals surface area (Å²) < 4.78 is 5.09. The Bertz CT molecular complexity index is 194. The Labute approximate surface area is 60.1 Å². The summed E-state index contributed by atoms with van der Waals surface area (Å²) in [6.45, 7) is 5.78. The van der Waals surface area contributed by atoms with Gasteiger partial charge in [0.1, 0.15) is 6.61 Å². The van der Waals surface area contributed by atoms with Gasteiger partial charge >= 0.3 is 0 Å². The third kappa shape index (κ3) is 1.17. The summed E-state index contributed by atoms with van der Waals surface area (Å²) in [5.41, 5.74) is -0.431. The van der Waals surface area contributed by atoms with E-state index in [-0.39, 0.29) is 5.91 Å². The molecule has 3 nitrogen and oxygen atoms in total. The van der Waals surface area contributed by atoms with Crippen LogP contribution in [0.5, 0.6) is 0 Å². The smallest absolute Gasteiger partial charge is 0.257 e. The number of ether oxygens (including phenoxy) is 1. The molecule has 0 aromatic carbocycles. The van der Waals surface area contributed by atoms with E-state index < -0.39 is 5.41 Å². The second kappa shape index (κ2) is 2.08. The molecular formula is C7H11NO2. The van der Waals surface area contributed by atoms with Gasteiger partial charge in [0.15, 0.2) is 5.90 Å². The molecule has 10 heavy (non-hydrogen) atoms. The van der Waals surface area contributed by atoms with Crippen molar-refractivity contribution in [2.24, 2.45) is 10.4 Å². The molecule has 0 saturated heterocycles. The van der Waals surface area contributed by atoms with Gasteiger partial charge in [-0.05, 0) is 13.8 Å². The standard InChI is InChI=1S/C7H11NO2/c1-5-8-6(9)7(2,3)4-10-5/h4H2,1-3H3. The number of nitrogens with zero attached hydrogens (tertiary/aromatic N) is 1. The molecular weight excluding hydrogens is 130 g/mol. The van der Waals surface area contributed by atoms with Gasteiger partial charge in [-0.1, -0.05) is 0 Å². The van der Waals surface area contributed by atoms with Crippen molar-refractivity contribution in [3.63, 3.8) is 0 Å². The van der Waals surface area contributed by atoms with E-state index in [9.17, 15) is 4.79 Å². The van der Waals surface area contributed by atoms with Crippen molar-refractivity contribution in [3.8, 4) is 0 Å². The zero-order valence-electron chi connectivity index (χ0n) is 6.47. The average molecular weight is 141 g/mol. The van der Waals surface area contributed by atoms with E-state index in [0.717, 1.165) is 0 Å². The normalized spacial score (nSPS) is 23.5. The number of amides is 1. The first-order valence-corrected chi connectivity index (χ1v) is 3.25. The van der Waals surface area contributed by atoms with Crippen LogP contribution in [0, 0.1) is 5.41 Å². The Balaban J connectivity index is 2.84. The molecule has 0 radical (unpaired) electrons. The minimum atomic E-state index is -0.431. The fraction of sp³-hybridized carbons (Fsp3) is 0.714. The minimum Gasteiger partial charge on any atom is -0.480 e. The van der Waals surface area contributed by atoms with Gasteiger partial charge in [-0.25, -0.2) is 0 Å². The number of carbonyl (C=O) groups excluding carboxylic acids is 1. The number of rotatable bonds is 0. The first-order chi connectivity index (χ1) is 4.52. The molecule has 3 heteroatoms. The van der Waals surface area contributed by atoms with Crippen molar-refractivity contribution in [3.05, 3.63) is 0 Å². The Hall–Kier alpha value is -0.860. The first-order valence-electron chi connectivity index (χ1n) is 3.25. The molecule has 0 aromatic heterocycles. The largest absolute Gasteiger partial charge is 0.480 e. The van der Waals surface area contributed by atoms with Crippen LogP contribution in [-0.2, 0) is 9.53 Å². The summed E-state index contributed by atoms with van der Waals surface area (Å²) in [6.07, 6.45) is 0. The van der Waals surface area contributed by atoms with E-state index in [2.05, 4.69) is 4.99 Å². The van der Waals surface area contributed by atoms with Gasteiger partial charge in [0.05, 0.1) is 5.41 Å². The number of aliphatic imine (C=N–C) groups is 1. The fourth-order valence-electron chi connectivity index (χ4n) is 0.673. The van der Waals surface area contributed by atoms with E-state index in [1.54, 1.807) is 6.92 Å². The molecule has 0 aromatic rings. The molecule has 0 fully saturated rings. The highest BCUT2D eigenvalue weighted by Gasteiger charge is 2.31. The molecule has 1 heterocycles. The lowest BCUT2D eigenvalue weighted by atomic mass is 9.93. The second-order valence-corrected chi connectivity index (χ2v) is 3.11. The SMILES string of the molecule is CC1=NC(=O)C(C)(C)CO1. The van der Waals surface area contributed by atoms with E-state index in [4.69, 9.17) is 4.74 Å². The van der Waals surface area contributed by atoms with E-state index in [0.29, 0.717) is 12.5 Å². The predicted molar refractivity (Wildman–Crippen MR) is 37.8 cm³/mol. The molecule has 0 bridgehead atoms. The topological polar surface area (TPSA) is 38.7 Å². The van der Waals surface area contributed by atoms with Crippen molar-refractivity contribution < 1.29 is 9.53 Å². The lowest BCUT2D eigenvalue weighted by Gasteiger charge is -2.24. The number of carbonyl (C=O) groups is 1. The van der Waals surface area contributed by atoms with Crippen molar-refractivity contribution in [2.75, 3.05) is 6.61 Å². The number of hydrogen-bond donors (Lipinski definition) is 0. The van der Waals surface area contributed by atoms with Gasteiger partial charge in [0.2, 0.25) is 0 Å². The van der Waals surface area contributed by atoms with Crippen LogP contribution in [-0.4, -0.2) is 18.4 Å². The fourth-order valence-corrected chi connectivity index (χ4v) is 0.673. The highest BCUT2D eigenvalue weighted by molar-refractivity contribution is 5.95. The monoisotopic (exact) mass is 141 g/mol. The lowest BCUT2D eigenvalue weighted by molar-refractivity contribution is -0.129. The van der Waals surface area contributed by atoms with Gasteiger partial charge in [-0.2, -0.15) is 4.99 Å². The summed E-state index contributed by atoms with van der Waals surface area (Å²) in [5.74, 6) is 0.389. The van der Waals surface area contributed by atoms with Crippen LogP contribution in [0.4, 0.5) is 0 Å². The van der Waals surface area contributed by atoms with E-state index in [1.807, 2.05) is 13.8 Å². The van der Waals surface area contributed by atoms with Crippen LogP contribution in [0.2, 0.25) is 0 Å². The lowest BCUT2D eigenvalue weighted by Crippen LogP contribution is -2.34. The van der Waals surface area contributed by atoms with Crippen LogP contribution in [0.15, 0.2) is 4.99 Å². The van der Waals surface area contributed by atoms with E-state index >= 15 is 0 Å². The molecule has 0 saturated carbocycles. The van der Waals surface area contributed by atoms with Crippen molar-refractivity contribution in [2.45, 2.75) is 20.8 Å². The maximum atomic E-state index is 11.1. The molecule has 1 amide bonds. The average Bonchev–Trinajstić information content (AvgIpc) is 1.81. The third-order valence-corrected chi connectivity index (χ3v) is 1.48. The molecule has 1 rings (SSSR count). The predicted octanol–water partition coefficient (Wildman–Crippen LogP) is 0.988. The van der Waals surface area contributed by atoms with Crippen LogP contribution < -0.4 is 0 Å². The quantitative estimate of drug-likeness (QED) is 0.504.